The molecular formula is C15H19NO4. The van der Waals surface area contributed by atoms with Crippen LogP contribution in [0, 0.1) is 0 Å². The summed E-state index contributed by atoms with van der Waals surface area (Å²) in [6, 6.07) is 6.94. The summed E-state index contributed by atoms with van der Waals surface area (Å²) in [5, 5.41) is 9.04. The largest absolute Gasteiger partial charge is 0.496 e. The quantitative estimate of drug-likeness (QED) is 0.895. The lowest BCUT2D eigenvalue weighted by Crippen LogP contribution is -2.42. The van der Waals surface area contributed by atoms with Crippen LogP contribution in [0.1, 0.15) is 36.0 Å². The van der Waals surface area contributed by atoms with Crippen molar-refractivity contribution in [1.82, 2.24) is 4.90 Å². The Hall–Kier alpha value is -2.04. The molecule has 2 rings (SSSR count). The van der Waals surface area contributed by atoms with Gasteiger partial charge in [-0.2, -0.15) is 0 Å². The van der Waals surface area contributed by atoms with Crippen LogP contribution < -0.4 is 4.74 Å². The van der Waals surface area contributed by atoms with E-state index in [0.717, 1.165) is 25.7 Å². The van der Waals surface area contributed by atoms with Crippen molar-refractivity contribution in [2.24, 2.45) is 0 Å². The van der Waals surface area contributed by atoms with E-state index in [9.17, 15) is 9.59 Å². The van der Waals surface area contributed by atoms with Crippen LogP contribution >= 0.6 is 0 Å². The van der Waals surface area contributed by atoms with Crippen molar-refractivity contribution in [3.05, 3.63) is 29.8 Å². The highest BCUT2D eigenvalue weighted by atomic mass is 16.5. The van der Waals surface area contributed by atoms with Gasteiger partial charge in [0.05, 0.1) is 12.7 Å². The number of hydrogen-bond acceptors (Lipinski definition) is 3. The van der Waals surface area contributed by atoms with Crippen molar-refractivity contribution in [1.29, 1.82) is 0 Å². The average molecular weight is 277 g/mol. The van der Waals surface area contributed by atoms with Gasteiger partial charge < -0.3 is 14.7 Å². The van der Waals surface area contributed by atoms with E-state index in [1.165, 1.54) is 12.0 Å². The first-order chi connectivity index (χ1) is 9.63. The number of rotatable bonds is 5. The monoisotopic (exact) mass is 277 g/mol. The van der Waals surface area contributed by atoms with Crippen molar-refractivity contribution >= 4 is 11.9 Å². The lowest BCUT2D eigenvalue weighted by Gasteiger charge is -2.28. The number of carboxylic acid groups (broad SMARTS) is 1. The predicted molar refractivity (Wildman–Crippen MR) is 73.9 cm³/mol. The number of aliphatic carboxylic acids is 1. The average Bonchev–Trinajstić information content (AvgIpc) is 2.97. The molecular weight excluding hydrogens is 258 g/mol. The number of amides is 1. The van der Waals surface area contributed by atoms with Crippen LogP contribution in [0.15, 0.2) is 24.3 Å². The molecule has 0 unspecified atom stereocenters. The molecule has 1 aliphatic rings. The Labute approximate surface area is 118 Å². The Morgan fingerprint density at radius 1 is 1.30 bits per heavy atom. The summed E-state index contributed by atoms with van der Waals surface area (Å²) in [4.78, 5) is 25.1. The first kappa shape index (κ1) is 14.4. The summed E-state index contributed by atoms with van der Waals surface area (Å²) in [5.41, 5.74) is 0.420. The minimum atomic E-state index is -0.986. The van der Waals surface area contributed by atoms with Crippen molar-refractivity contribution in [2.75, 3.05) is 13.7 Å². The molecule has 0 bridgehead atoms. The smallest absolute Gasteiger partial charge is 0.323 e. The van der Waals surface area contributed by atoms with E-state index in [2.05, 4.69) is 0 Å². The van der Waals surface area contributed by atoms with Crippen molar-refractivity contribution in [3.8, 4) is 5.75 Å². The molecule has 1 amide bonds. The van der Waals surface area contributed by atoms with Crippen LogP contribution in [0.3, 0.4) is 0 Å². The molecule has 1 N–H and O–H groups in total. The first-order valence-corrected chi connectivity index (χ1v) is 6.79. The van der Waals surface area contributed by atoms with Gasteiger partial charge in [0, 0.05) is 6.04 Å². The Kier molecular flexibility index (Phi) is 4.61. The van der Waals surface area contributed by atoms with Gasteiger partial charge in [-0.25, -0.2) is 0 Å². The number of methoxy groups -OCH3 is 1. The van der Waals surface area contributed by atoms with Crippen LogP contribution in [-0.4, -0.2) is 41.6 Å². The van der Waals surface area contributed by atoms with Gasteiger partial charge in [-0.3, -0.25) is 9.59 Å². The molecule has 5 heteroatoms. The Bertz CT molecular complexity index is 494. The molecule has 1 aliphatic carbocycles. The van der Waals surface area contributed by atoms with Crippen LogP contribution in [-0.2, 0) is 4.79 Å². The molecule has 0 heterocycles. The molecule has 20 heavy (non-hydrogen) atoms. The minimum Gasteiger partial charge on any atom is -0.496 e. The third-order valence-corrected chi connectivity index (χ3v) is 3.67. The molecule has 0 aliphatic heterocycles. The molecule has 0 aromatic heterocycles. The summed E-state index contributed by atoms with van der Waals surface area (Å²) in [7, 11) is 1.50. The van der Waals surface area contributed by atoms with Crippen molar-refractivity contribution in [3.63, 3.8) is 0 Å². The van der Waals surface area contributed by atoms with Crippen molar-refractivity contribution in [2.45, 2.75) is 31.7 Å². The maximum absolute atomic E-state index is 12.6. The molecule has 1 saturated carbocycles. The molecule has 108 valence electrons. The summed E-state index contributed by atoms with van der Waals surface area (Å²) in [6.45, 7) is -0.262. The number of benzene rings is 1. The SMILES string of the molecule is COc1ccccc1C(=O)N(CC(=O)O)C1CCCC1. The number of hydrogen-bond donors (Lipinski definition) is 1. The first-order valence-electron chi connectivity index (χ1n) is 6.79. The molecule has 5 nitrogen and oxygen atoms in total. The molecule has 0 saturated heterocycles. The summed E-state index contributed by atoms with van der Waals surface area (Å²) >= 11 is 0. The van der Waals surface area contributed by atoms with E-state index in [0.29, 0.717) is 11.3 Å². The zero-order chi connectivity index (χ0) is 14.5. The van der Waals surface area contributed by atoms with Gasteiger partial charge in [0.25, 0.3) is 5.91 Å². The molecule has 1 aromatic carbocycles. The number of nitrogens with zero attached hydrogens (tertiary/aromatic N) is 1. The maximum Gasteiger partial charge on any atom is 0.323 e. The second kappa shape index (κ2) is 6.41. The third-order valence-electron chi connectivity index (χ3n) is 3.67. The van der Waals surface area contributed by atoms with E-state index in [-0.39, 0.29) is 18.5 Å². The van der Waals surface area contributed by atoms with Gasteiger partial charge >= 0.3 is 5.97 Å². The highest BCUT2D eigenvalue weighted by Gasteiger charge is 2.30. The lowest BCUT2D eigenvalue weighted by molar-refractivity contribution is -0.138. The van der Waals surface area contributed by atoms with Gasteiger partial charge in [0.15, 0.2) is 0 Å². The van der Waals surface area contributed by atoms with Crippen LogP contribution in [0.2, 0.25) is 0 Å². The summed E-state index contributed by atoms with van der Waals surface area (Å²) in [5.74, 6) is -0.775. The molecule has 0 radical (unpaired) electrons. The topological polar surface area (TPSA) is 66.8 Å². The third kappa shape index (κ3) is 3.10. The van der Waals surface area contributed by atoms with Crippen LogP contribution in [0.5, 0.6) is 5.75 Å². The highest BCUT2D eigenvalue weighted by molar-refractivity contribution is 5.98. The van der Waals surface area contributed by atoms with E-state index in [1.807, 2.05) is 0 Å². The van der Waals surface area contributed by atoms with E-state index in [4.69, 9.17) is 9.84 Å². The zero-order valence-electron chi connectivity index (χ0n) is 11.5. The number of carbonyl (C=O) groups is 2. The summed E-state index contributed by atoms with van der Waals surface area (Å²) < 4.78 is 5.19. The number of carbonyl (C=O) groups excluding carboxylic acids is 1. The fourth-order valence-corrected chi connectivity index (χ4v) is 2.70. The molecule has 1 aromatic rings. The zero-order valence-corrected chi connectivity index (χ0v) is 11.5. The standard InChI is InChI=1S/C15H19NO4/c1-20-13-9-5-4-8-12(13)15(19)16(10-14(17)18)11-6-2-3-7-11/h4-5,8-9,11H,2-3,6-7,10H2,1H3,(H,17,18). The highest BCUT2D eigenvalue weighted by Crippen LogP contribution is 2.27. The van der Waals surface area contributed by atoms with Gasteiger partial charge in [-0.05, 0) is 25.0 Å². The number of ether oxygens (including phenoxy) is 1. The Morgan fingerprint density at radius 2 is 1.95 bits per heavy atom. The van der Waals surface area contributed by atoms with Gasteiger partial charge in [-0.1, -0.05) is 25.0 Å². The van der Waals surface area contributed by atoms with E-state index < -0.39 is 5.97 Å². The number of para-hydroxylation sites is 1. The predicted octanol–water partition coefficient (Wildman–Crippen LogP) is 2.16. The fourth-order valence-electron chi connectivity index (χ4n) is 2.70. The fraction of sp³-hybridized carbons (Fsp3) is 0.467. The Balaban J connectivity index is 2.27. The van der Waals surface area contributed by atoms with Gasteiger partial charge in [0.1, 0.15) is 12.3 Å². The van der Waals surface area contributed by atoms with E-state index in [1.54, 1.807) is 24.3 Å². The van der Waals surface area contributed by atoms with Crippen molar-refractivity contribution < 1.29 is 19.4 Å². The second-order valence-corrected chi connectivity index (χ2v) is 4.97. The maximum atomic E-state index is 12.6. The molecule has 0 spiro atoms. The molecule has 1 fully saturated rings. The normalized spacial score (nSPS) is 15.1. The second-order valence-electron chi connectivity index (χ2n) is 4.97. The summed E-state index contributed by atoms with van der Waals surface area (Å²) in [6.07, 6.45) is 3.82. The minimum absolute atomic E-state index is 0.0171. The van der Waals surface area contributed by atoms with Gasteiger partial charge in [0.2, 0.25) is 0 Å². The van der Waals surface area contributed by atoms with Gasteiger partial charge in [-0.15, -0.1) is 0 Å². The lowest BCUT2D eigenvalue weighted by atomic mass is 10.1. The van der Waals surface area contributed by atoms with E-state index >= 15 is 0 Å². The molecule has 0 atom stereocenters. The number of carboxylic acids is 1. The Morgan fingerprint density at radius 3 is 2.55 bits per heavy atom. The van der Waals surface area contributed by atoms with Crippen LogP contribution in [0.4, 0.5) is 0 Å². The van der Waals surface area contributed by atoms with Crippen LogP contribution in [0.25, 0.3) is 0 Å².